The minimum Gasteiger partial charge on any atom is -0.475 e. The second-order valence-electron chi connectivity index (χ2n) is 6.50. The Labute approximate surface area is 173 Å². The SMILES string of the molecule is CCN(C(=O)c1cc(F)cc(C)c1-n1nccn1)[C@@H](C)COc1ccc(Cl)cn1. The van der Waals surface area contributed by atoms with E-state index in [-0.39, 0.29) is 24.1 Å². The molecule has 0 unspecified atom stereocenters. The molecule has 0 aliphatic heterocycles. The molecule has 0 aliphatic rings. The van der Waals surface area contributed by atoms with Crippen LogP contribution < -0.4 is 4.74 Å². The lowest BCUT2D eigenvalue weighted by atomic mass is 10.1. The van der Waals surface area contributed by atoms with Crippen molar-refractivity contribution in [1.82, 2.24) is 24.9 Å². The molecule has 0 saturated heterocycles. The fourth-order valence-corrected chi connectivity index (χ4v) is 3.16. The van der Waals surface area contributed by atoms with Gasteiger partial charge < -0.3 is 9.64 Å². The number of aryl methyl sites for hydroxylation is 1. The van der Waals surface area contributed by atoms with Crippen molar-refractivity contribution < 1.29 is 13.9 Å². The lowest BCUT2D eigenvalue weighted by Gasteiger charge is -2.29. The highest BCUT2D eigenvalue weighted by molar-refractivity contribution is 6.30. The van der Waals surface area contributed by atoms with Crippen molar-refractivity contribution in [3.8, 4) is 11.6 Å². The van der Waals surface area contributed by atoms with Gasteiger partial charge >= 0.3 is 0 Å². The standard InChI is InChI=1S/C20H21ClFN5O2/c1-4-26(14(3)12-29-18-6-5-15(21)11-23-18)20(28)17-10-16(22)9-13(2)19(17)27-24-7-8-25-27/h5-11,14H,4,12H2,1-3H3/t14-/m0/s1. The van der Waals surface area contributed by atoms with Gasteiger partial charge in [0.15, 0.2) is 0 Å². The fraction of sp³-hybridized carbons (Fsp3) is 0.300. The minimum absolute atomic E-state index is 0.192. The second kappa shape index (κ2) is 9.00. The molecular formula is C20H21ClFN5O2. The molecular weight excluding hydrogens is 397 g/mol. The summed E-state index contributed by atoms with van der Waals surface area (Å²) in [5.41, 5.74) is 1.21. The third-order valence-corrected chi connectivity index (χ3v) is 4.64. The zero-order valence-electron chi connectivity index (χ0n) is 16.3. The predicted molar refractivity (Wildman–Crippen MR) is 107 cm³/mol. The highest BCUT2D eigenvalue weighted by Gasteiger charge is 2.26. The Morgan fingerprint density at radius 1 is 1.31 bits per heavy atom. The van der Waals surface area contributed by atoms with E-state index in [1.165, 1.54) is 35.5 Å². The summed E-state index contributed by atoms with van der Waals surface area (Å²) in [6, 6.07) is 5.61. The van der Waals surface area contributed by atoms with Crippen LogP contribution >= 0.6 is 11.6 Å². The van der Waals surface area contributed by atoms with E-state index >= 15 is 0 Å². The second-order valence-corrected chi connectivity index (χ2v) is 6.94. The molecule has 9 heteroatoms. The number of benzene rings is 1. The average Bonchev–Trinajstić information content (AvgIpc) is 3.21. The van der Waals surface area contributed by atoms with Crippen LogP contribution in [0.1, 0.15) is 29.8 Å². The average molecular weight is 418 g/mol. The van der Waals surface area contributed by atoms with Crippen molar-refractivity contribution in [3.63, 3.8) is 0 Å². The topological polar surface area (TPSA) is 73.1 Å². The molecule has 0 spiro atoms. The van der Waals surface area contributed by atoms with E-state index in [1.54, 1.807) is 24.0 Å². The van der Waals surface area contributed by atoms with E-state index in [0.29, 0.717) is 28.7 Å². The Hall–Kier alpha value is -3.00. The van der Waals surface area contributed by atoms with Gasteiger partial charge in [-0.3, -0.25) is 4.79 Å². The molecule has 1 atom stereocenters. The Morgan fingerprint density at radius 2 is 2.03 bits per heavy atom. The summed E-state index contributed by atoms with van der Waals surface area (Å²) in [6.07, 6.45) is 4.50. The lowest BCUT2D eigenvalue weighted by Crippen LogP contribution is -2.42. The van der Waals surface area contributed by atoms with E-state index in [2.05, 4.69) is 15.2 Å². The number of rotatable bonds is 7. The van der Waals surface area contributed by atoms with Crippen LogP contribution in [0.5, 0.6) is 5.88 Å². The monoisotopic (exact) mass is 417 g/mol. The fourth-order valence-electron chi connectivity index (χ4n) is 3.05. The Balaban J connectivity index is 1.84. The molecule has 1 aromatic carbocycles. The molecule has 7 nitrogen and oxygen atoms in total. The number of halogens is 2. The van der Waals surface area contributed by atoms with Crippen LogP contribution in [-0.4, -0.2) is 50.0 Å². The first-order chi connectivity index (χ1) is 13.9. The molecule has 0 saturated carbocycles. The Morgan fingerprint density at radius 3 is 2.66 bits per heavy atom. The van der Waals surface area contributed by atoms with Gasteiger partial charge in [-0.05, 0) is 44.5 Å². The molecule has 2 aromatic heterocycles. The molecule has 152 valence electrons. The summed E-state index contributed by atoms with van der Waals surface area (Å²) < 4.78 is 19.8. The largest absolute Gasteiger partial charge is 0.475 e. The minimum atomic E-state index is -0.493. The molecule has 0 aliphatic carbocycles. The first-order valence-corrected chi connectivity index (χ1v) is 9.50. The maximum atomic E-state index is 14.1. The predicted octanol–water partition coefficient (Wildman–Crippen LogP) is 3.69. The number of carbonyl (C=O) groups is 1. The highest BCUT2D eigenvalue weighted by Crippen LogP contribution is 2.23. The summed E-state index contributed by atoms with van der Waals surface area (Å²) in [5.74, 6) is -0.414. The number of aromatic nitrogens is 4. The summed E-state index contributed by atoms with van der Waals surface area (Å²) in [7, 11) is 0. The molecule has 3 rings (SSSR count). The number of carbonyl (C=O) groups excluding carboxylic acids is 1. The first kappa shape index (κ1) is 20.7. The van der Waals surface area contributed by atoms with E-state index in [9.17, 15) is 9.18 Å². The summed E-state index contributed by atoms with van der Waals surface area (Å²) in [5, 5.41) is 8.71. The van der Waals surface area contributed by atoms with E-state index < -0.39 is 5.82 Å². The van der Waals surface area contributed by atoms with Crippen molar-refractivity contribution in [3.05, 3.63) is 64.8 Å². The molecule has 1 amide bonds. The molecule has 3 aromatic rings. The van der Waals surface area contributed by atoms with Crippen LogP contribution in [0, 0.1) is 12.7 Å². The van der Waals surface area contributed by atoms with E-state index in [4.69, 9.17) is 16.3 Å². The van der Waals surface area contributed by atoms with Crippen molar-refractivity contribution in [2.45, 2.75) is 26.8 Å². The first-order valence-electron chi connectivity index (χ1n) is 9.12. The van der Waals surface area contributed by atoms with Crippen molar-refractivity contribution >= 4 is 17.5 Å². The van der Waals surface area contributed by atoms with Gasteiger partial charge in [-0.15, -0.1) is 0 Å². The molecule has 0 N–H and O–H groups in total. The maximum Gasteiger partial charge on any atom is 0.256 e. The van der Waals surface area contributed by atoms with Crippen LogP contribution in [0.15, 0.2) is 42.9 Å². The summed E-state index contributed by atoms with van der Waals surface area (Å²) in [6.45, 7) is 6.06. The van der Waals surface area contributed by atoms with Gasteiger partial charge in [0.1, 0.15) is 18.1 Å². The zero-order valence-corrected chi connectivity index (χ0v) is 17.1. The number of pyridine rings is 1. The lowest BCUT2D eigenvalue weighted by molar-refractivity contribution is 0.0645. The summed E-state index contributed by atoms with van der Waals surface area (Å²) in [4.78, 5) is 20.3. The van der Waals surface area contributed by atoms with E-state index in [1.807, 2.05) is 13.8 Å². The van der Waals surface area contributed by atoms with Crippen LogP contribution in [0.3, 0.4) is 0 Å². The molecule has 0 bridgehead atoms. The van der Waals surface area contributed by atoms with Crippen LogP contribution in [0.25, 0.3) is 5.69 Å². The number of amides is 1. The van der Waals surface area contributed by atoms with Crippen molar-refractivity contribution in [1.29, 1.82) is 0 Å². The molecule has 29 heavy (non-hydrogen) atoms. The quantitative estimate of drug-likeness (QED) is 0.586. The van der Waals surface area contributed by atoms with Crippen LogP contribution in [-0.2, 0) is 0 Å². The molecule has 0 fully saturated rings. The van der Waals surface area contributed by atoms with Gasteiger partial charge in [0.05, 0.1) is 29.0 Å². The van der Waals surface area contributed by atoms with Gasteiger partial charge in [-0.1, -0.05) is 11.6 Å². The van der Waals surface area contributed by atoms with Gasteiger partial charge in [-0.2, -0.15) is 15.0 Å². The van der Waals surface area contributed by atoms with Crippen LogP contribution in [0.4, 0.5) is 4.39 Å². The number of nitrogens with zero attached hydrogens (tertiary/aromatic N) is 5. The van der Waals surface area contributed by atoms with E-state index in [0.717, 1.165) is 0 Å². The van der Waals surface area contributed by atoms with Crippen molar-refractivity contribution in [2.24, 2.45) is 0 Å². The Bertz CT molecular complexity index is 979. The van der Waals surface area contributed by atoms with Gasteiger partial charge in [0.2, 0.25) is 5.88 Å². The zero-order chi connectivity index (χ0) is 21.0. The summed E-state index contributed by atoms with van der Waals surface area (Å²) >= 11 is 5.83. The van der Waals surface area contributed by atoms with Crippen LogP contribution in [0.2, 0.25) is 5.02 Å². The maximum absolute atomic E-state index is 14.1. The smallest absolute Gasteiger partial charge is 0.256 e. The van der Waals surface area contributed by atoms with Gasteiger partial charge in [0.25, 0.3) is 5.91 Å². The third-order valence-electron chi connectivity index (χ3n) is 4.42. The third kappa shape index (κ3) is 4.71. The Kier molecular flexibility index (Phi) is 6.43. The number of likely N-dealkylation sites (N-methyl/N-ethyl adjacent to an activating group) is 1. The molecule has 2 heterocycles. The van der Waals surface area contributed by atoms with Gasteiger partial charge in [0, 0.05) is 18.8 Å². The van der Waals surface area contributed by atoms with Crippen molar-refractivity contribution in [2.75, 3.05) is 13.2 Å². The highest BCUT2D eigenvalue weighted by atomic mass is 35.5. The normalized spacial score (nSPS) is 11.9. The number of ether oxygens (including phenoxy) is 1. The molecule has 0 radical (unpaired) electrons. The number of hydrogen-bond donors (Lipinski definition) is 0. The van der Waals surface area contributed by atoms with Gasteiger partial charge in [-0.25, -0.2) is 9.37 Å². The number of hydrogen-bond acceptors (Lipinski definition) is 5.